The molecule has 0 radical (unpaired) electrons. The first kappa shape index (κ1) is 31.5. The number of carbonyl (C=O) groups is 1. The van der Waals surface area contributed by atoms with Gasteiger partial charge >= 0.3 is 0 Å². The first-order valence-corrected chi connectivity index (χ1v) is 16.7. The second kappa shape index (κ2) is 11.7. The number of hydrogen-bond donors (Lipinski definition) is 1. The highest BCUT2D eigenvalue weighted by Gasteiger charge is 2.33. The van der Waals surface area contributed by atoms with Crippen molar-refractivity contribution >= 4 is 31.6 Å². The van der Waals surface area contributed by atoms with Gasteiger partial charge in [-0.2, -0.15) is 4.31 Å². The van der Waals surface area contributed by atoms with Crippen molar-refractivity contribution in [2.75, 3.05) is 38.0 Å². The molecule has 0 aliphatic carbocycles. The molecule has 3 aromatic rings. The van der Waals surface area contributed by atoms with Crippen LogP contribution in [0.25, 0.3) is 0 Å². The van der Waals surface area contributed by atoms with Crippen molar-refractivity contribution in [2.24, 2.45) is 0 Å². The van der Waals surface area contributed by atoms with E-state index in [9.17, 15) is 21.6 Å². The summed E-state index contributed by atoms with van der Waals surface area (Å²) in [4.78, 5) is 15.3. The van der Waals surface area contributed by atoms with Crippen LogP contribution in [0.1, 0.15) is 53.4 Å². The maximum atomic E-state index is 13.7. The van der Waals surface area contributed by atoms with Gasteiger partial charge in [0, 0.05) is 37.4 Å². The van der Waals surface area contributed by atoms with Crippen LogP contribution >= 0.6 is 0 Å². The number of piperazine rings is 1. The number of carbonyl (C=O) groups excluding carboxylic acids is 1. The number of amides is 1. The highest BCUT2D eigenvalue weighted by atomic mass is 32.2. The van der Waals surface area contributed by atoms with E-state index in [0.29, 0.717) is 33.0 Å². The number of aryl methyl sites for hydroxylation is 3. The third kappa shape index (κ3) is 6.48. The Hall–Kier alpha value is -3.41. The van der Waals surface area contributed by atoms with Crippen LogP contribution in [0.4, 0.5) is 5.69 Å². The van der Waals surface area contributed by atoms with E-state index in [1.54, 1.807) is 48.2 Å². The maximum Gasteiger partial charge on any atom is 0.262 e. The Morgan fingerprint density at radius 2 is 1.38 bits per heavy atom. The van der Waals surface area contributed by atoms with Gasteiger partial charge in [-0.15, -0.1) is 0 Å². The Labute approximate surface area is 249 Å². The Morgan fingerprint density at radius 3 is 1.90 bits per heavy atom. The van der Waals surface area contributed by atoms with Crippen molar-refractivity contribution in [2.45, 2.75) is 56.7 Å². The van der Waals surface area contributed by atoms with Gasteiger partial charge in [-0.3, -0.25) is 9.52 Å². The second-order valence-corrected chi connectivity index (χ2v) is 15.2. The lowest BCUT2D eigenvalue weighted by atomic mass is 9.85. The molecule has 1 amide bonds. The van der Waals surface area contributed by atoms with Crippen LogP contribution in [0, 0.1) is 20.8 Å². The molecule has 0 aromatic heterocycles. The van der Waals surface area contributed by atoms with Crippen LogP contribution in [0.15, 0.2) is 64.4 Å². The summed E-state index contributed by atoms with van der Waals surface area (Å²) in [6, 6.07) is 14.9. The zero-order valence-electron chi connectivity index (χ0n) is 25.2. The first-order valence-electron chi connectivity index (χ1n) is 13.7. The molecule has 1 aliphatic rings. The van der Waals surface area contributed by atoms with E-state index in [-0.39, 0.29) is 48.0 Å². The molecule has 4 rings (SSSR count). The largest absolute Gasteiger partial charge is 0.497 e. The molecule has 9 nitrogen and oxygen atoms in total. The normalized spacial score (nSPS) is 15.0. The predicted molar refractivity (Wildman–Crippen MR) is 164 cm³/mol. The fraction of sp³-hybridized carbons (Fsp3) is 0.387. The zero-order chi connectivity index (χ0) is 31.0. The average molecular weight is 614 g/mol. The van der Waals surface area contributed by atoms with E-state index in [1.807, 2.05) is 26.0 Å². The zero-order valence-corrected chi connectivity index (χ0v) is 26.8. The molecule has 0 bridgehead atoms. The summed E-state index contributed by atoms with van der Waals surface area (Å²) < 4.78 is 62.8. The topological polar surface area (TPSA) is 113 Å². The average Bonchev–Trinajstić information content (AvgIpc) is 2.92. The number of hydrogen-bond acceptors (Lipinski definition) is 6. The van der Waals surface area contributed by atoms with Gasteiger partial charge in [-0.1, -0.05) is 39.0 Å². The molecule has 0 atom stereocenters. The lowest BCUT2D eigenvalue weighted by Gasteiger charge is -2.35. The summed E-state index contributed by atoms with van der Waals surface area (Å²) in [5, 5.41) is 0. The number of anilines is 1. The van der Waals surface area contributed by atoms with Gasteiger partial charge in [-0.05, 0) is 84.8 Å². The van der Waals surface area contributed by atoms with E-state index in [0.717, 1.165) is 5.56 Å². The van der Waals surface area contributed by atoms with Crippen LogP contribution in [0.3, 0.4) is 0 Å². The minimum Gasteiger partial charge on any atom is -0.497 e. The van der Waals surface area contributed by atoms with Gasteiger partial charge in [0.15, 0.2) is 0 Å². The molecule has 1 aliphatic heterocycles. The molecular formula is C31H39N3O6S2. The molecule has 0 unspecified atom stereocenters. The van der Waals surface area contributed by atoms with E-state index >= 15 is 0 Å². The van der Waals surface area contributed by atoms with Crippen LogP contribution in [-0.4, -0.2) is 65.2 Å². The third-order valence-electron chi connectivity index (χ3n) is 7.52. The molecule has 11 heteroatoms. The van der Waals surface area contributed by atoms with Gasteiger partial charge in [0.1, 0.15) is 5.75 Å². The van der Waals surface area contributed by atoms with Crippen LogP contribution < -0.4 is 9.46 Å². The van der Waals surface area contributed by atoms with E-state index in [2.05, 4.69) is 25.5 Å². The van der Waals surface area contributed by atoms with Crippen LogP contribution in [0.5, 0.6) is 5.75 Å². The number of ether oxygens (including phenoxy) is 1. The summed E-state index contributed by atoms with van der Waals surface area (Å²) >= 11 is 0. The van der Waals surface area contributed by atoms with Crippen LogP contribution in [-0.2, 0) is 25.5 Å². The minimum atomic E-state index is -3.98. The van der Waals surface area contributed by atoms with Gasteiger partial charge < -0.3 is 9.64 Å². The number of benzene rings is 3. The fourth-order valence-corrected chi connectivity index (χ4v) is 8.29. The smallest absolute Gasteiger partial charge is 0.262 e. The Morgan fingerprint density at radius 1 is 0.810 bits per heavy atom. The minimum absolute atomic E-state index is 0.00460. The Balaban J connectivity index is 1.50. The number of rotatable bonds is 7. The highest BCUT2D eigenvalue weighted by Crippen LogP contribution is 2.31. The van der Waals surface area contributed by atoms with E-state index in [4.69, 9.17) is 4.74 Å². The highest BCUT2D eigenvalue weighted by molar-refractivity contribution is 7.92. The standard InChI is InChI=1S/C31H39N3O6S2/c1-21-8-9-24(20-28(21)41(36,37)32-26-10-12-27(40-7)13-11-26)30(35)33-14-16-34(17-15-33)42(38,39)29-22(2)18-25(19-23(29)3)31(4,5)6/h8-13,18-20,32H,14-17H2,1-7H3. The van der Waals surface area contributed by atoms with Gasteiger partial charge in [0.2, 0.25) is 10.0 Å². The summed E-state index contributed by atoms with van der Waals surface area (Å²) in [5.41, 5.74) is 3.45. The van der Waals surface area contributed by atoms with Gasteiger partial charge in [-0.25, -0.2) is 16.8 Å². The van der Waals surface area contributed by atoms with Crippen molar-refractivity contribution in [3.05, 3.63) is 82.4 Å². The van der Waals surface area contributed by atoms with Crippen molar-refractivity contribution in [3.63, 3.8) is 0 Å². The van der Waals surface area contributed by atoms with Gasteiger partial charge in [0.05, 0.1) is 16.9 Å². The number of methoxy groups -OCH3 is 1. The summed E-state index contributed by atoms with van der Waals surface area (Å²) in [6.07, 6.45) is 0. The van der Waals surface area contributed by atoms with Gasteiger partial charge in [0.25, 0.3) is 15.9 Å². The monoisotopic (exact) mass is 613 g/mol. The molecule has 0 spiro atoms. The summed E-state index contributed by atoms with van der Waals surface area (Å²) in [6.45, 7) is 12.3. The molecular weight excluding hydrogens is 574 g/mol. The number of sulfonamides is 2. The molecule has 226 valence electrons. The lowest BCUT2D eigenvalue weighted by molar-refractivity contribution is 0.0697. The Bertz CT molecular complexity index is 1680. The molecule has 1 heterocycles. The molecule has 1 N–H and O–H groups in total. The number of nitrogens with zero attached hydrogens (tertiary/aromatic N) is 2. The fourth-order valence-electron chi connectivity index (χ4n) is 5.13. The molecule has 1 saturated heterocycles. The summed E-state index contributed by atoms with van der Waals surface area (Å²) in [7, 11) is -6.22. The maximum absolute atomic E-state index is 13.7. The SMILES string of the molecule is COc1ccc(NS(=O)(=O)c2cc(C(=O)N3CCN(S(=O)(=O)c4c(C)cc(C(C)(C)C)cc4C)CC3)ccc2C)cc1. The first-order chi connectivity index (χ1) is 19.5. The number of nitrogens with one attached hydrogen (secondary N) is 1. The lowest BCUT2D eigenvalue weighted by Crippen LogP contribution is -2.50. The van der Waals surface area contributed by atoms with E-state index in [1.165, 1.54) is 17.5 Å². The van der Waals surface area contributed by atoms with Crippen LogP contribution in [0.2, 0.25) is 0 Å². The van der Waals surface area contributed by atoms with Crippen molar-refractivity contribution in [1.82, 2.24) is 9.21 Å². The predicted octanol–water partition coefficient (Wildman–Crippen LogP) is 4.87. The van der Waals surface area contributed by atoms with E-state index < -0.39 is 20.0 Å². The van der Waals surface area contributed by atoms with Crippen molar-refractivity contribution < 1.29 is 26.4 Å². The molecule has 42 heavy (non-hydrogen) atoms. The third-order valence-corrected chi connectivity index (χ3v) is 11.2. The molecule has 1 fully saturated rings. The second-order valence-electron chi connectivity index (χ2n) is 11.7. The molecule has 0 saturated carbocycles. The molecule has 3 aromatic carbocycles. The Kier molecular flexibility index (Phi) is 8.78. The van der Waals surface area contributed by atoms with Crippen molar-refractivity contribution in [3.8, 4) is 5.75 Å². The van der Waals surface area contributed by atoms with Crippen molar-refractivity contribution in [1.29, 1.82) is 0 Å². The summed E-state index contributed by atoms with van der Waals surface area (Å²) in [5.74, 6) is 0.244. The quantitative estimate of drug-likeness (QED) is 0.407.